The fraction of sp³-hybridized carbons (Fsp3) is 0.923. The van der Waals surface area contributed by atoms with Crippen molar-refractivity contribution in [3.63, 3.8) is 0 Å². The molecule has 0 aliphatic carbocycles. The van der Waals surface area contributed by atoms with Crippen LogP contribution in [0.25, 0.3) is 0 Å². The standard InChI is InChI=1S/C13H28N2O3/c1-11(2)10-15-13(16)12(3)14-6-9-18-8-5-7-17-4/h11-12,14H,5-10H2,1-4H3,(H,15,16). The summed E-state index contributed by atoms with van der Waals surface area (Å²) in [5.41, 5.74) is 0. The topological polar surface area (TPSA) is 59.6 Å². The number of hydrogen-bond donors (Lipinski definition) is 2. The summed E-state index contributed by atoms with van der Waals surface area (Å²) in [6, 6.07) is -0.175. The Balaban J connectivity index is 3.40. The van der Waals surface area contributed by atoms with E-state index in [-0.39, 0.29) is 11.9 Å². The molecule has 5 nitrogen and oxygen atoms in total. The van der Waals surface area contributed by atoms with Crippen molar-refractivity contribution in [2.45, 2.75) is 33.2 Å². The van der Waals surface area contributed by atoms with Crippen molar-refractivity contribution < 1.29 is 14.3 Å². The SMILES string of the molecule is COCCCOCCNC(C)C(=O)NCC(C)C. The van der Waals surface area contributed by atoms with Crippen LogP contribution in [-0.4, -0.2) is 52.0 Å². The molecule has 18 heavy (non-hydrogen) atoms. The van der Waals surface area contributed by atoms with Gasteiger partial charge in [-0.2, -0.15) is 0 Å². The van der Waals surface area contributed by atoms with E-state index in [1.165, 1.54) is 0 Å². The van der Waals surface area contributed by atoms with Gasteiger partial charge in [-0.25, -0.2) is 0 Å². The first kappa shape index (κ1) is 17.4. The van der Waals surface area contributed by atoms with E-state index < -0.39 is 0 Å². The van der Waals surface area contributed by atoms with Crippen molar-refractivity contribution in [1.29, 1.82) is 0 Å². The molecular weight excluding hydrogens is 232 g/mol. The minimum atomic E-state index is -0.175. The molecule has 0 aromatic heterocycles. The van der Waals surface area contributed by atoms with E-state index >= 15 is 0 Å². The maximum Gasteiger partial charge on any atom is 0.236 e. The first-order valence-electron chi connectivity index (χ1n) is 6.65. The largest absolute Gasteiger partial charge is 0.385 e. The molecule has 0 heterocycles. The maximum absolute atomic E-state index is 11.6. The number of hydrogen-bond acceptors (Lipinski definition) is 4. The molecule has 0 bridgehead atoms. The van der Waals surface area contributed by atoms with E-state index in [0.29, 0.717) is 25.7 Å². The van der Waals surface area contributed by atoms with E-state index in [1.54, 1.807) is 7.11 Å². The molecule has 0 aromatic carbocycles. The summed E-state index contributed by atoms with van der Waals surface area (Å²) in [6.07, 6.45) is 0.904. The first-order valence-corrected chi connectivity index (χ1v) is 6.65. The molecule has 0 radical (unpaired) electrons. The molecule has 0 aliphatic heterocycles. The third-order valence-corrected chi connectivity index (χ3v) is 2.41. The summed E-state index contributed by atoms with van der Waals surface area (Å²) in [6.45, 7) is 9.46. The van der Waals surface area contributed by atoms with Crippen LogP contribution in [0.3, 0.4) is 0 Å². The minimum absolute atomic E-state index is 0.0445. The predicted molar refractivity (Wildman–Crippen MR) is 72.6 cm³/mol. The Morgan fingerprint density at radius 3 is 2.50 bits per heavy atom. The molecule has 0 rings (SSSR count). The summed E-state index contributed by atoms with van der Waals surface area (Å²) < 4.78 is 10.3. The molecule has 1 atom stereocenters. The summed E-state index contributed by atoms with van der Waals surface area (Å²) in [4.78, 5) is 11.6. The second-order valence-electron chi connectivity index (χ2n) is 4.77. The lowest BCUT2D eigenvalue weighted by molar-refractivity contribution is -0.122. The van der Waals surface area contributed by atoms with E-state index in [1.807, 2.05) is 6.92 Å². The highest BCUT2D eigenvalue weighted by molar-refractivity contribution is 5.81. The predicted octanol–water partition coefficient (Wildman–Crippen LogP) is 0.790. The molecule has 0 saturated heterocycles. The zero-order valence-electron chi connectivity index (χ0n) is 12.1. The Morgan fingerprint density at radius 1 is 1.17 bits per heavy atom. The number of ether oxygens (including phenoxy) is 2. The lowest BCUT2D eigenvalue weighted by Crippen LogP contribution is -2.44. The lowest BCUT2D eigenvalue weighted by Gasteiger charge is -2.15. The third-order valence-electron chi connectivity index (χ3n) is 2.41. The molecule has 0 aromatic rings. The van der Waals surface area contributed by atoms with Crippen LogP contribution >= 0.6 is 0 Å². The molecular formula is C13H28N2O3. The second-order valence-corrected chi connectivity index (χ2v) is 4.77. The number of rotatable bonds is 11. The molecule has 2 N–H and O–H groups in total. The van der Waals surface area contributed by atoms with E-state index in [2.05, 4.69) is 24.5 Å². The molecule has 1 unspecified atom stereocenters. The van der Waals surface area contributed by atoms with Gasteiger partial charge < -0.3 is 20.1 Å². The van der Waals surface area contributed by atoms with Crippen LogP contribution in [0.1, 0.15) is 27.2 Å². The van der Waals surface area contributed by atoms with Gasteiger partial charge in [-0.05, 0) is 19.3 Å². The second kappa shape index (κ2) is 11.4. The summed E-state index contributed by atoms with van der Waals surface area (Å²) in [5, 5.41) is 6.02. The van der Waals surface area contributed by atoms with Crippen molar-refractivity contribution in [3.8, 4) is 0 Å². The van der Waals surface area contributed by atoms with Gasteiger partial charge in [0, 0.05) is 33.4 Å². The van der Waals surface area contributed by atoms with Crippen LogP contribution in [-0.2, 0) is 14.3 Å². The summed E-state index contributed by atoms with van der Waals surface area (Å²) in [5.74, 6) is 0.522. The summed E-state index contributed by atoms with van der Waals surface area (Å²) in [7, 11) is 1.68. The van der Waals surface area contributed by atoms with Gasteiger partial charge in [0.25, 0.3) is 0 Å². The highest BCUT2D eigenvalue weighted by atomic mass is 16.5. The zero-order chi connectivity index (χ0) is 13.8. The molecule has 0 fully saturated rings. The third kappa shape index (κ3) is 10.5. The van der Waals surface area contributed by atoms with Gasteiger partial charge in [-0.1, -0.05) is 13.8 Å². The minimum Gasteiger partial charge on any atom is -0.385 e. The normalized spacial score (nSPS) is 12.7. The molecule has 108 valence electrons. The fourth-order valence-electron chi connectivity index (χ4n) is 1.31. The number of carbonyl (C=O) groups excluding carboxylic acids is 1. The van der Waals surface area contributed by atoms with E-state index in [0.717, 1.165) is 19.6 Å². The molecule has 0 saturated carbocycles. The van der Waals surface area contributed by atoms with Crippen LogP contribution in [0.2, 0.25) is 0 Å². The number of methoxy groups -OCH3 is 1. The molecule has 1 amide bonds. The molecule has 0 aliphatic rings. The van der Waals surface area contributed by atoms with Crippen molar-refractivity contribution in [2.75, 3.05) is 40.0 Å². The average molecular weight is 260 g/mol. The van der Waals surface area contributed by atoms with Gasteiger partial charge in [0.05, 0.1) is 12.6 Å². The lowest BCUT2D eigenvalue weighted by atomic mass is 10.2. The van der Waals surface area contributed by atoms with Gasteiger partial charge in [0.2, 0.25) is 5.91 Å². The fourth-order valence-corrected chi connectivity index (χ4v) is 1.31. The van der Waals surface area contributed by atoms with E-state index in [4.69, 9.17) is 9.47 Å². The smallest absolute Gasteiger partial charge is 0.236 e. The Kier molecular flexibility index (Phi) is 11.0. The zero-order valence-corrected chi connectivity index (χ0v) is 12.1. The van der Waals surface area contributed by atoms with Gasteiger partial charge in [-0.15, -0.1) is 0 Å². The quantitative estimate of drug-likeness (QED) is 0.539. The first-order chi connectivity index (χ1) is 8.57. The highest BCUT2D eigenvalue weighted by Gasteiger charge is 2.11. The van der Waals surface area contributed by atoms with Gasteiger partial charge in [0.1, 0.15) is 0 Å². The number of nitrogens with one attached hydrogen (secondary N) is 2. The van der Waals surface area contributed by atoms with Crippen LogP contribution in [0.5, 0.6) is 0 Å². The van der Waals surface area contributed by atoms with Crippen molar-refractivity contribution in [1.82, 2.24) is 10.6 Å². The van der Waals surface area contributed by atoms with Crippen molar-refractivity contribution in [3.05, 3.63) is 0 Å². The van der Waals surface area contributed by atoms with Crippen LogP contribution in [0, 0.1) is 5.92 Å². The van der Waals surface area contributed by atoms with Crippen LogP contribution in [0.4, 0.5) is 0 Å². The maximum atomic E-state index is 11.6. The highest BCUT2D eigenvalue weighted by Crippen LogP contribution is 1.89. The Labute approximate surface area is 111 Å². The Hall–Kier alpha value is -0.650. The van der Waals surface area contributed by atoms with Crippen molar-refractivity contribution >= 4 is 5.91 Å². The van der Waals surface area contributed by atoms with Crippen LogP contribution in [0.15, 0.2) is 0 Å². The van der Waals surface area contributed by atoms with Gasteiger partial charge in [0.15, 0.2) is 0 Å². The average Bonchev–Trinajstić information content (AvgIpc) is 2.34. The van der Waals surface area contributed by atoms with Crippen LogP contribution < -0.4 is 10.6 Å². The Bertz CT molecular complexity index is 210. The molecule has 0 spiro atoms. The van der Waals surface area contributed by atoms with E-state index in [9.17, 15) is 4.79 Å². The van der Waals surface area contributed by atoms with Gasteiger partial charge in [-0.3, -0.25) is 4.79 Å². The molecule has 5 heteroatoms. The number of carbonyl (C=O) groups is 1. The number of amides is 1. The van der Waals surface area contributed by atoms with Gasteiger partial charge >= 0.3 is 0 Å². The Morgan fingerprint density at radius 2 is 1.89 bits per heavy atom. The van der Waals surface area contributed by atoms with Crippen molar-refractivity contribution in [2.24, 2.45) is 5.92 Å². The monoisotopic (exact) mass is 260 g/mol. The summed E-state index contributed by atoms with van der Waals surface area (Å²) >= 11 is 0.